The zero-order chi connectivity index (χ0) is 18.2. The normalized spacial score (nSPS) is 19.6. The number of aromatic amines is 1. The minimum absolute atomic E-state index is 0.357. The lowest BCUT2D eigenvalue weighted by Crippen LogP contribution is -2.31. The molecule has 1 aromatic carbocycles. The largest absolute Gasteiger partial charge is 0.381 e. The van der Waals surface area contributed by atoms with Gasteiger partial charge in [0.1, 0.15) is 12.4 Å². The summed E-state index contributed by atoms with van der Waals surface area (Å²) < 4.78 is 10.9. The SMILES string of the molecule is COCc1nc([C@H]2CCOC2)cc(N2CCc3[nH]c4ccccc4c3C2)n1. The minimum atomic E-state index is 0.357. The fourth-order valence-corrected chi connectivity index (χ4v) is 4.20. The number of H-pyrrole nitrogens is 1. The average Bonchev–Trinajstić information content (AvgIpc) is 3.35. The summed E-state index contributed by atoms with van der Waals surface area (Å²) in [6.07, 6.45) is 2.02. The second kappa shape index (κ2) is 6.94. The van der Waals surface area contributed by atoms with Crippen LogP contribution in [0.2, 0.25) is 0 Å². The maximum Gasteiger partial charge on any atom is 0.156 e. The number of rotatable bonds is 4. The molecule has 6 heteroatoms. The first-order chi connectivity index (χ1) is 13.3. The zero-order valence-corrected chi connectivity index (χ0v) is 15.6. The Balaban J connectivity index is 1.50. The van der Waals surface area contributed by atoms with Crippen LogP contribution in [0.5, 0.6) is 0 Å². The Hall–Kier alpha value is -2.44. The summed E-state index contributed by atoms with van der Waals surface area (Å²) in [5.41, 5.74) is 5.03. The van der Waals surface area contributed by atoms with Crippen LogP contribution in [0.25, 0.3) is 10.9 Å². The summed E-state index contributed by atoms with van der Waals surface area (Å²) in [6.45, 7) is 3.80. The zero-order valence-electron chi connectivity index (χ0n) is 15.6. The van der Waals surface area contributed by atoms with Crippen LogP contribution in [0.3, 0.4) is 0 Å². The molecule has 1 saturated heterocycles. The Morgan fingerprint density at radius 3 is 3.07 bits per heavy atom. The van der Waals surface area contributed by atoms with Crippen molar-refractivity contribution in [3.63, 3.8) is 0 Å². The highest BCUT2D eigenvalue weighted by atomic mass is 16.5. The van der Waals surface area contributed by atoms with E-state index in [4.69, 9.17) is 19.4 Å². The lowest BCUT2D eigenvalue weighted by molar-refractivity contribution is 0.177. The molecule has 3 aromatic rings. The van der Waals surface area contributed by atoms with Crippen molar-refractivity contribution in [2.45, 2.75) is 31.9 Å². The Morgan fingerprint density at radius 2 is 2.22 bits per heavy atom. The summed E-state index contributed by atoms with van der Waals surface area (Å²) in [6, 6.07) is 10.7. The first-order valence-corrected chi connectivity index (χ1v) is 9.60. The Kier molecular flexibility index (Phi) is 4.30. The van der Waals surface area contributed by atoms with E-state index in [2.05, 4.69) is 40.2 Å². The van der Waals surface area contributed by atoms with Crippen LogP contribution in [0.15, 0.2) is 30.3 Å². The van der Waals surface area contributed by atoms with E-state index in [0.717, 1.165) is 56.5 Å². The van der Waals surface area contributed by atoms with Crippen LogP contribution in [-0.2, 0) is 29.0 Å². The highest BCUT2D eigenvalue weighted by Gasteiger charge is 2.25. The van der Waals surface area contributed by atoms with Gasteiger partial charge in [-0.1, -0.05) is 18.2 Å². The van der Waals surface area contributed by atoms with E-state index in [-0.39, 0.29) is 0 Å². The molecule has 1 fully saturated rings. The highest BCUT2D eigenvalue weighted by Crippen LogP contribution is 2.31. The minimum Gasteiger partial charge on any atom is -0.381 e. The molecule has 0 aliphatic carbocycles. The monoisotopic (exact) mass is 364 g/mol. The fourth-order valence-electron chi connectivity index (χ4n) is 4.20. The van der Waals surface area contributed by atoms with Crippen molar-refractivity contribution in [1.82, 2.24) is 15.0 Å². The van der Waals surface area contributed by atoms with E-state index >= 15 is 0 Å². The third-order valence-corrected chi connectivity index (χ3v) is 5.61. The van der Waals surface area contributed by atoms with Crippen LogP contribution >= 0.6 is 0 Å². The summed E-state index contributed by atoms with van der Waals surface area (Å²) in [7, 11) is 1.69. The van der Waals surface area contributed by atoms with E-state index < -0.39 is 0 Å². The highest BCUT2D eigenvalue weighted by molar-refractivity contribution is 5.85. The van der Waals surface area contributed by atoms with Gasteiger partial charge in [0.05, 0.1) is 12.3 Å². The lowest BCUT2D eigenvalue weighted by atomic mass is 10.0. The summed E-state index contributed by atoms with van der Waals surface area (Å²) in [4.78, 5) is 15.5. The third kappa shape index (κ3) is 3.09. The van der Waals surface area contributed by atoms with Crippen LogP contribution in [0, 0.1) is 0 Å². The van der Waals surface area contributed by atoms with Crippen molar-refractivity contribution in [3.05, 3.63) is 53.1 Å². The van der Waals surface area contributed by atoms with Gasteiger partial charge in [-0.2, -0.15) is 0 Å². The Morgan fingerprint density at radius 1 is 1.30 bits per heavy atom. The quantitative estimate of drug-likeness (QED) is 0.770. The Labute approximate surface area is 158 Å². The van der Waals surface area contributed by atoms with Gasteiger partial charge >= 0.3 is 0 Å². The van der Waals surface area contributed by atoms with Gasteiger partial charge in [-0.15, -0.1) is 0 Å². The van der Waals surface area contributed by atoms with Gasteiger partial charge in [-0.25, -0.2) is 9.97 Å². The number of para-hydroxylation sites is 1. The van der Waals surface area contributed by atoms with Gasteiger partial charge < -0.3 is 19.4 Å². The lowest BCUT2D eigenvalue weighted by Gasteiger charge is -2.29. The third-order valence-electron chi connectivity index (χ3n) is 5.61. The van der Waals surface area contributed by atoms with E-state index in [9.17, 15) is 0 Å². The molecule has 0 spiro atoms. The van der Waals surface area contributed by atoms with Crippen molar-refractivity contribution < 1.29 is 9.47 Å². The second-order valence-electron chi connectivity index (χ2n) is 7.36. The smallest absolute Gasteiger partial charge is 0.156 e. The molecule has 4 heterocycles. The average molecular weight is 364 g/mol. The van der Waals surface area contributed by atoms with E-state index in [1.807, 2.05) is 0 Å². The summed E-state index contributed by atoms with van der Waals surface area (Å²) in [5, 5.41) is 1.31. The predicted molar refractivity (Wildman–Crippen MR) is 104 cm³/mol. The van der Waals surface area contributed by atoms with Crippen molar-refractivity contribution in [1.29, 1.82) is 0 Å². The molecule has 5 rings (SSSR count). The van der Waals surface area contributed by atoms with E-state index in [0.29, 0.717) is 12.5 Å². The predicted octanol–water partition coefficient (Wildman–Crippen LogP) is 3.17. The number of anilines is 1. The summed E-state index contributed by atoms with van der Waals surface area (Å²) >= 11 is 0. The number of fused-ring (bicyclic) bond motifs is 3. The standard InChI is InChI=1S/C21H24N4O2/c1-26-13-20-23-19(14-7-9-27-12-14)10-21(24-20)25-8-6-18-16(11-25)15-4-2-3-5-17(15)22-18/h2-5,10,14,22H,6-9,11-13H2,1H3/t14-/m0/s1. The number of nitrogens with one attached hydrogen (secondary N) is 1. The number of hydrogen-bond acceptors (Lipinski definition) is 5. The molecule has 1 atom stereocenters. The molecule has 0 bridgehead atoms. The molecule has 1 N–H and O–H groups in total. The van der Waals surface area contributed by atoms with Gasteiger partial charge in [-0.3, -0.25) is 0 Å². The molecule has 2 aliphatic rings. The van der Waals surface area contributed by atoms with Crippen LogP contribution in [-0.4, -0.2) is 41.8 Å². The molecular weight excluding hydrogens is 340 g/mol. The molecule has 0 unspecified atom stereocenters. The van der Waals surface area contributed by atoms with Gasteiger partial charge in [0.15, 0.2) is 5.82 Å². The van der Waals surface area contributed by atoms with Crippen LogP contribution in [0.4, 0.5) is 5.82 Å². The molecule has 0 saturated carbocycles. The molecule has 2 aliphatic heterocycles. The topological polar surface area (TPSA) is 63.3 Å². The number of ether oxygens (including phenoxy) is 2. The molecule has 6 nitrogen and oxygen atoms in total. The molecule has 140 valence electrons. The molecule has 0 radical (unpaired) electrons. The van der Waals surface area contributed by atoms with Gasteiger partial charge in [0, 0.05) is 67.4 Å². The number of methoxy groups -OCH3 is 1. The summed E-state index contributed by atoms with van der Waals surface area (Å²) in [5.74, 6) is 2.10. The number of benzene rings is 1. The first-order valence-electron chi connectivity index (χ1n) is 9.60. The van der Waals surface area contributed by atoms with Gasteiger partial charge in [-0.05, 0) is 12.5 Å². The first kappa shape index (κ1) is 16.7. The molecule has 2 aromatic heterocycles. The fraction of sp³-hybridized carbons (Fsp3) is 0.429. The molecule has 27 heavy (non-hydrogen) atoms. The van der Waals surface area contributed by atoms with Crippen molar-refractivity contribution in [2.24, 2.45) is 0 Å². The maximum atomic E-state index is 5.57. The van der Waals surface area contributed by atoms with Crippen LogP contribution in [0.1, 0.15) is 35.1 Å². The van der Waals surface area contributed by atoms with Gasteiger partial charge in [0.25, 0.3) is 0 Å². The molecular formula is C21H24N4O2. The van der Waals surface area contributed by atoms with Crippen molar-refractivity contribution >= 4 is 16.7 Å². The van der Waals surface area contributed by atoms with Crippen molar-refractivity contribution in [2.75, 3.05) is 31.8 Å². The van der Waals surface area contributed by atoms with Crippen LogP contribution < -0.4 is 4.90 Å². The number of nitrogens with zero attached hydrogens (tertiary/aromatic N) is 3. The second-order valence-corrected chi connectivity index (χ2v) is 7.36. The number of hydrogen-bond donors (Lipinski definition) is 1. The Bertz CT molecular complexity index is 962. The van der Waals surface area contributed by atoms with E-state index in [1.54, 1.807) is 7.11 Å². The van der Waals surface area contributed by atoms with Crippen molar-refractivity contribution in [3.8, 4) is 0 Å². The number of aromatic nitrogens is 3. The molecule has 0 amide bonds. The van der Waals surface area contributed by atoms with Gasteiger partial charge in [0.2, 0.25) is 0 Å². The maximum absolute atomic E-state index is 5.57. The van der Waals surface area contributed by atoms with E-state index in [1.165, 1.54) is 22.2 Å².